The van der Waals surface area contributed by atoms with Crippen molar-refractivity contribution < 1.29 is 4.79 Å². The molecule has 1 aromatic heterocycles. The molecule has 33 heavy (non-hydrogen) atoms. The quantitative estimate of drug-likeness (QED) is 0.334. The summed E-state index contributed by atoms with van der Waals surface area (Å²) in [4.78, 5) is 18.6. The summed E-state index contributed by atoms with van der Waals surface area (Å²) in [7, 11) is 0. The topological polar surface area (TPSA) is 48.1 Å². The second kappa shape index (κ2) is 11.5. The van der Waals surface area contributed by atoms with Crippen molar-refractivity contribution in [3.05, 3.63) is 65.9 Å². The molecule has 1 aliphatic heterocycles. The van der Waals surface area contributed by atoms with Crippen molar-refractivity contribution in [3.8, 4) is 0 Å². The average molecular weight is 446 g/mol. The minimum absolute atomic E-state index is 0.109. The van der Waals surface area contributed by atoms with Gasteiger partial charge in [0, 0.05) is 35.2 Å². The van der Waals surface area contributed by atoms with E-state index in [1.54, 1.807) is 0 Å². The molecule has 4 nitrogen and oxygen atoms in total. The van der Waals surface area contributed by atoms with E-state index in [1.165, 1.54) is 55.3 Å². The number of carbonyl (C=O) groups is 1. The summed E-state index contributed by atoms with van der Waals surface area (Å²) < 4.78 is 0. The number of aryl methyl sites for hydroxylation is 1. The van der Waals surface area contributed by atoms with Crippen LogP contribution in [-0.2, 0) is 11.2 Å². The molecule has 0 saturated carbocycles. The first-order chi connectivity index (χ1) is 16.1. The molecule has 4 heteroatoms. The van der Waals surface area contributed by atoms with Crippen LogP contribution in [0.4, 0.5) is 5.69 Å². The number of unbranched alkanes of at least 4 members (excludes halogenated alkanes) is 1. The molecule has 0 radical (unpaired) electrons. The van der Waals surface area contributed by atoms with Crippen LogP contribution >= 0.6 is 0 Å². The monoisotopic (exact) mass is 445 g/mol. The van der Waals surface area contributed by atoms with Crippen LogP contribution in [0.15, 0.2) is 54.7 Å². The number of fused-ring (bicyclic) bond motifs is 1. The lowest BCUT2D eigenvalue weighted by molar-refractivity contribution is -0.116. The number of hydrogen-bond acceptors (Lipinski definition) is 2. The summed E-state index contributed by atoms with van der Waals surface area (Å²) in [5, 5.41) is 4.39. The molecule has 1 aliphatic rings. The molecule has 0 spiro atoms. The van der Waals surface area contributed by atoms with Gasteiger partial charge in [-0.1, -0.05) is 43.7 Å². The zero-order chi connectivity index (χ0) is 23.0. The number of anilines is 1. The standard InChI is InChI=1S/C29H39N3O/c1-3-9-22(2)32-18-16-24(17-19-32)27-21-30-28-15-14-25(20-26(27)28)31-29(33)13-8-7-12-23-10-5-4-6-11-23/h4-6,10-11,14-15,20-22,24,30H,3,7-9,12-13,16-19H2,1-2H3,(H,31,33). The molecule has 1 atom stereocenters. The third-order valence-corrected chi connectivity index (χ3v) is 7.26. The van der Waals surface area contributed by atoms with Gasteiger partial charge >= 0.3 is 0 Å². The molecule has 0 bridgehead atoms. The van der Waals surface area contributed by atoms with Gasteiger partial charge in [-0.15, -0.1) is 0 Å². The van der Waals surface area contributed by atoms with Crippen LogP contribution in [-0.4, -0.2) is 34.9 Å². The van der Waals surface area contributed by atoms with Gasteiger partial charge in [-0.2, -0.15) is 0 Å². The van der Waals surface area contributed by atoms with Gasteiger partial charge in [0.05, 0.1) is 0 Å². The summed E-state index contributed by atoms with van der Waals surface area (Å²) in [6, 6.07) is 17.5. The number of likely N-dealkylation sites (tertiary alicyclic amines) is 1. The molecule has 1 unspecified atom stereocenters. The number of nitrogens with one attached hydrogen (secondary N) is 2. The van der Waals surface area contributed by atoms with E-state index in [1.807, 2.05) is 12.1 Å². The Kier molecular flexibility index (Phi) is 8.22. The highest BCUT2D eigenvalue weighted by atomic mass is 16.1. The van der Waals surface area contributed by atoms with Crippen molar-refractivity contribution in [3.63, 3.8) is 0 Å². The number of carbonyl (C=O) groups excluding carboxylic acids is 1. The van der Waals surface area contributed by atoms with E-state index < -0.39 is 0 Å². The van der Waals surface area contributed by atoms with Crippen LogP contribution in [0.1, 0.15) is 75.8 Å². The highest BCUT2D eigenvalue weighted by molar-refractivity contribution is 5.94. The molecule has 2 heterocycles. The zero-order valence-electron chi connectivity index (χ0n) is 20.3. The summed E-state index contributed by atoms with van der Waals surface area (Å²) in [6.07, 6.45) is 10.7. The normalized spacial score (nSPS) is 16.2. The first-order valence-electron chi connectivity index (χ1n) is 12.8. The molecule has 3 aromatic rings. The van der Waals surface area contributed by atoms with Gasteiger partial charge in [0.1, 0.15) is 0 Å². The van der Waals surface area contributed by atoms with E-state index in [0.717, 1.165) is 30.5 Å². The Bertz CT molecular complexity index is 1020. The van der Waals surface area contributed by atoms with Crippen LogP contribution in [0.2, 0.25) is 0 Å². The number of rotatable bonds is 10. The van der Waals surface area contributed by atoms with Crippen molar-refractivity contribution in [1.82, 2.24) is 9.88 Å². The Balaban J connectivity index is 1.31. The SMILES string of the molecule is CCCC(C)N1CCC(c2c[nH]c3ccc(NC(=O)CCCCc4ccccc4)cc23)CC1. The average Bonchev–Trinajstić information content (AvgIpc) is 3.26. The number of benzene rings is 2. The van der Waals surface area contributed by atoms with Crippen LogP contribution in [0.5, 0.6) is 0 Å². The van der Waals surface area contributed by atoms with E-state index in [-0.39, 0.29) is 5.91 Å². The number of aromatic amines is 1. The Labute approximate surface area is 198 Å². The van der Waals surface area contributed by atoms with Crippen LogP contribution in [0.25, 0.3) is 10.9 Å². The van der Waals surface area contributed by atoms with Gasteiger partial charge in [-0.25, -0.2) is 0 Å². The van der Waals surface area contributed by atoms with Crippen LogP contribution in [0, 0.1) is 0 Å². The fraction of sp³-hybridized carbons (Fsp3) is 0.483. The summed E-state index contributed by atoms with van der Waals surface area (Å²) in [6.45, 7) is 7.00. The molecule has 1 saturated heterocycles. The predicted octanol–water partition coefficient (Wildman–Crippen LogP) is 6.89. The van der Waals surface area contributed by atoms with Crippen LogP contribution < -0.4 is 5.32 Å². The van der Waals surface area contributed by atoms with E-state index in [4.69, 9.17) is 0 Å². The molecule has 176 valence electrons. The lowest BCUT2D eigenvalue weighted by atomic mass is 9.88. The van der Waals surface area contributed by atoms with Crippen molar-refractivity contribution in [2.24, 2.45) is 0 Å². The molecule has 4 rings (SSSR count). The number of piperidine rings is 1. The molecule has 2 aromatic carbocycles. The predicted molar refractivity (Wildman–Crippen MR) is 139 cm³/mol. The van der Waals surface area contributed by atoms with E-state index in [9.17, 15) is 4.79 Å². The number of nitrogens with zero attached hydrogens (tertiary/aromatic N) is 1. The van der Waals surface area contributed by atoms with Crippen molar-refractivity contribution >= 4 is 22.5 Å². The third kappa shape index (κ3) is 6.26. The minimum Gasteiger partial charge on any atom is -0.361 e. The molecular formula is C29H39N3O. The molecule has 0 aliphatic carbocycles. The molecule has 1 fully saturated rings. The smallest absolute Gasteiger partial charge is 0.224 e. The molecule has 1 amide bonds. The van der Waals surface area contributed by atoms with Gasteiger partial charge in [0.25, 0.3) is 0 Å². The maximum atomic E-state index is 12.5. The van der Waals surface area contributed by atoms with Crippen LogP contribution in [0.3, 0.4) is 0 Å². The third-order valence-electron chi connectivity index (χ3n) is 7.26. The second-order valence-electron chi connectivity index (χ2n) is 9.69. The first-order valence-corrected chi connectivity index (χ1v) is 12.8. The molecular weight excluding hydrogens is 406 g/mol. The maximum absolute atomic E-state index is 12.5. The summed E-state index contributed by atoms with van der Waals surface area (Å²) in [5.74, 6) is 0.700. The first kappa shape index (κ1) is 23.6. The van der Waals surface area contributed by atoms with Gasteiger partial charge in [0.15, 0.2) is 0 Å². The van der Waals surface area contributed by atoms with Gasteiger partial charge in [-0.3, -0.25) is 4.79 Å². The number of aromatic nitrogens is 1. The van der Waals surface area contributed by atoms with Crippen molar-refractivity contribution in [2.75, 3.05) is 18.4 Å². The fourth-order valence-corrected chi connectivity index (χ4v) is 5.29. The highest BCUT2D eigenvalue weighted by Gasteiger charge is 2.25. The van der Waals surface area contributed by atoms with Crippen molar-refractivity contribution in [1.29, 1.82) is 0 Å². The summed E-state index contributed by atoms with van der Waals surface area (Å²) in [5.41, 5.74) is 4.82. The Morgan fingerprint density at radius 2 is 1.91 bits per heavy atom. The van der Waals surface area contributed by atoms with Gasteiger partial charge in [0.2, 0.25) is 5.91 Å². The Hall–Kier alpha value is -2.59. The lowest BCUT2D eigenvalue weighted by Crippen LogP contribution is -2.39. The largest absolute Gasteiger partial charge is 0.361 e. The Morgan fingerprint density at radius 3 is 2.67 bits per heavy atom. The fourth-order valence-electron chi connectivity index (χ4n) is 5.29. The molecule has 2 N–H and O–H groups in total. The summed E-state index contributed by atoms with van der Waals surface area (Å²) >= 11 is 0. The number of H-pyrrole nitrogens is 1. The number of hydrogen-bond donors (Lipinski definition) is 2. The second-order valence-corrected chi connectivity index (χ2v) is 9.69. The van der Waals surface area contributed by atoms with E-state index in [0.29, 0.717) is 18.4 Å². The van der Waals surface area contributed by atoms with Crippen molar-refractivity contribution in [2.45, 2.75) is 77.2 Å². The van der Waals surface area contributed by atoms with E-state index >= 15 is 0 Å². The van der Waals surface area contributed by atoms with E-state index in [2.05, 4.69) is 71.6 Å². The number of amides is 1. The maximum Gasteiger partial charge on any atom is 0.224 e. The lowest BCUT2D eigenvalue weighted by Gasteiger charge is -2.36. The van der Waals surface area contributed by atoms with Gasteiger partial charge in [-0.05, 0) is 93.8 Å². The Morgan fingerprint density at radius 1 is 1.12 bits per heavy atom. The minimum atomic E-state index is 0.109. The zero-order valence-corrected chi connectivity index (χ0v) is 20.3. The highest BCUT2D eigenvalue weighted by Crippen LogP contribution is 2.35. The van der Waals surface area contributed by atoms with Gasteiger partial charge < -0.3 is 15.2 Å².